The largest absolute Gasteiger partial charge is 0.419 e. The summed E-state index contributed by atoms with van der Waals surface area (Å²) in [5, 5.41) is 2.31. The van der Waals surface area contributed by atoms with Gasteiger partial charge in [-0.1, -0.05) is 23.8 Å². The van der Waals surface area contributed by atoms with Crippen LogP contribution in [0.3, 0.4) is 0 Å². The summed E-state index contributed by atoms with van der Waals surface area (Å²) in [6, 6.07) is 0.974. The molecule has 1 rings (SSSR count). The van der Waals surface area contributed by atoms with Crippen LogP contribution in [0.1, 0.15) is 11.1 Å². The Labute approximate surface area is 96.1 Å². The van der Waals surface area contributed by atoms with Crippen LogP contribution < -0.4 is 5.32 Å². The monoisotopic (exact) mass is 250 g/mol. The van der Waals surface area contributed by atoms with Gasteiger partial charge in [-0.25, -0.2) is 4.98 Å². The van der Waals surface area contributed by atoms with Gasteiger partial charge in [0.1, 0.15) is 5.15 Å². The maximum atomic E-state index is 12.5. The van der Waals surface area contributed by atoms with E-state index in [1.165, 1.54) is 6.20 Å². The van der Waals surface area contributed by atoms with Gasteiger partial charge in [0.15, 0.2) is 0 Å². The molecule has 88 valence electrons. The number of nitrogens with zero attached hydrogens (tertiary/aromatic N) is 1. The van der Waals surface area contributed by atoms with Crippen molar-refractivity contribution in [1.82, 2.24) is 10.3 Å². The fraction of sp³-hybridized carbons (Fsp3) is 0.300. The molecule has 0 aliphatic heterocycles. The molecular formula is C10H10ClF3N2. The first-order valence-electron chi connectivity index (χ1n) is 4.49. The van der Waals surface area contributed by atoms with E-state index < -0.39 is 16.9 Å². The van der Waals surface area contributed by atoms with E-state index in [1.54, 1.807) is 19.2 Å². The summed E-state index contributed by atoms with van der Waals surface area (Å²) in [7, 11) is 1.74. The molecule has 0 bridgehead atoms. The van der Waals surface area contributed by atoms with Gasteiger partial charge >= 0.3 is 6.18 Å². The molecule has 16 heavy (non-hydrogen) atoms. The van der Waals surface area contributed by atoms with Gasteiger partial charge in [-0.2, -0.15) is 13.2 Å². The number of nitrogens with one attached hydrogen (secondary N) is 1. The highest BCUT2D eigenvalue weighted by atomic mass is 35.5. The Hall–Kier alpha value is -1.07. The predicted octanol–water partition coefficient (Wildman–Crippen LogP) is 2.99. The summed E-state index contributed by atoms with van der Waals surface area (Å²) in [4.78, 5) is 3.50. The number of alkyl halides is 3. The second kappa shape index (κ2) is 5.32. The molecule has 1 aromatic rings. The van der Waals surface area contributed by atoms with E-state index in [1.807, 2.05) is 0 Å². The highest BCUT2D eigenvalue weighted by Gasteiger charge is 2.33. The SMILES string of the molecule is CNCC=Cc1cnc(Cl)c(C(F)(F)F)c1. The van der Waals surface area contributed by atoms with Crippen molar-refractivity contribution in [2.45, 2.75) is 6.18 Å². The smallest absolute Gasteiger partial charge is 0.316 e. The van der Waals surface area contributed by atoms with E-state index in [4.69, 9.17) is 11.6 Å². The fourth-order valence-corrected chi connectivity index (χ4v) is 1.28. The number of aromatic nitrogens is 1. The van der Waals surface area contributed by atoms with Crippen LogP contribution in [0.4, 0.5) is 13.2 Å². The molecule has 0 unspecified atom stereocenters. The summed E-state index contributed by atoms with van der Waals surface area (Å²) in [6.45, 7) is 0.573. The van der Waals surface area contributed by atoms with Crippen molar-refractivity contribution in [2.24, 2.45) is 0 Å². The van der Waals surface area contributed by atoms with E-state index >= 15 is 0 Å². The number of likely N-dealkylation sites (N-methyl/N-ethyl adjacent to an activating group) is 1. The number of rotatable bonds is 3. The van der Waals surface area contributed by atoms with Gasteiger partial charge < -0.3 is 5.32 Å². The molecule has 0 amide bonds. The first-order chi connectivity index (χ1) is 7.45. The minimum absolute atomic E-state index is 0.368. The van der Waals surface area contributed by atoms with Crippen LogP contribution in [-0.2, 0) is 6.18 Å². The van der Waals surface area contributed by atoms with Gasteiger partial charge in [-0.15, -0.1) is 0 Å². The van der Waals surface area contributed by atoms with E-state index in [0.717, 1.165) is 6.07 Å². The van der Waals surface area contributed by atoms with Gasteiger partial charge in [0.2, 0.25) is 0 Å². The Morgan fingerprint density at radius 1 is 1.50 bits per heavy atom. The van der Waals surface area contributed by atoms with E-state index in [9.17, 15) is 13.2 Å². The van der Waals surface area contributed by atoms with Crippen LogP contribution in [0, 0.1) is 0 Å². The van der Waals surface area contributed by atoms with Gasteiger partial charge in [0.05, 0.1) is 5.56 Å². The Bertz CT molecular complexity index is 388. The Balaban J connectivity index is 2.99. The average Bonchev–Trinajstić information content (AvgIpc) is 2.19. The fourth-order valence-electron chi connectivity index (χ4n) is 1.07. The molecule has 0 radical (unpaired) electrons. The van der Waals surface area contributed by atoms with E-state index in [2.05, 4.69) is 10.3 Å². The third-order valence-corrected chi connectivity index (χ3v) is 2.10. The third kappa shape index (κ3) is 3.50. The maximum Gasteiger partial charge on any atom is 0.419 e. The van der Waals surface area contributed by atoms with Crippen molar-refractivity contribution < 1.29 is 13.2 Å². The summed E-state index contributed by atoms with van der Waals surface area (Å²) in [5.74, 6) is 0. The van der Waals surface area contributed by atoms with Crippen LogP contribution in [0.15, 0.2) is 18.3 Å². The molecule has 0 fully saturated rings. The normalized spacial score (nSPS) is 12.3. The van der Waals surface area contributed by atoms with Crippen molar-refractivity contribution in [3.63, 3.8) is 0 Å². The lowest BCUT2D eigenvalue weighted by Gasteiger charge is -2.08. The number of hydrogen-bond donors (Lipinski definition) is 1. The average molecular weight is 251 g/mol. The molecule has 6 heteroatoms. The van der Waals surface area contributed by atoms with E-state index in [-0.39, 0.29) is 0 Å². The van der Waals surface area contributed by atoms with Crippen LogP contribution in [-0.4, -0.2) is 18.6 Å². The molecule has 0 aromatic carbocycles. The zero-order valence-corrected chi connectivity index (χ0v) is 9.23. The van der Waals surface area contributed by atoms with Crippen molar-refractivity contribution in [3.8, 4) is 0 Å². The highest BCUT2D eigenvalue weighted by molar-refractivity contribution is 6.30. The minimum Gasteiger partial charge on any atom is -0.316 e. The molecule has 0 aliphatic rings. The highest BCUT2D eigenvalue weighted by Crippen LogP contribution is 2.33. The first-order valence-corrected chi connectivity index (χ1v) is 4.87. The van der Waals surface area contributed by atoms with E-state index in [0.29, 0.717) is 12.1 Å². The zero-order chi connectivity index (χ0) is 12.2. The van der Waals surface area contributed by atoms with Gasteiger partial charge in [-0.05, 0) is 18.7 Å². The van der Waals surface area contributed by atoms with Crippen LogP contribution in [0.2, 0.25) is 5.15 Å². The number of halogens is 4. The van der Waals surface area contributed by atoms with Crippen LogP contribution in [0.5, 0.6) is 0 Å². The van der Waals surface area contributed by atoms with Crippen LogP contribution in [0.25, 0.3) is 6.08 Å². The lowest BCUT2D eigenvalue weighted by atomic mass is 10.2. The first kappa shape index (κ1) is 13.0. The summed E-state index contributed by atoms with van der Waals surface area (Å²) >= 11 is 5.37. The summed E-state index contributed by atoms with van der Waals surface area (Å²) in [6.07, 6.45) is 0.0703. The molecular weight excluding hydrogens is 241 g/mol. The molecule has 1 N–H and O–H groups in total. The molecule has 1 heterocycles. The predicted molar refractivity (Wildman–Crippen MR) is 57.2 cm³/mol. The van der Waals surface area contributed by atoms with Crippen molar-refractivity contribution in [3.05, 3.63) is 34.6 Å². The topological polar surface area (TPSA) is 24.9 Å². The zero-order valence-electron chi connectivity index (χ0n) is 8.48. The van der Waals surface area contributed by atoms with Gasteiger partial charge in [0, 0.05) is 12.7 Å². The van der Waals surface area contributed by atoms with Gasteiger partial charge in [-0.3, -0.25) is 0 Å². The molecule has 0 atom stereocenters. The summed E-state index contributed by atoms with van der Waals surface area (Å²) < 4.78 is 37.4. The molecule has 2 nitrogen and oxygen atoms in total. The molecule has 1 aromatic heterocycles. The molecule has 0 saturated carbocycles. The quantitative estimate of drug-likeness (QED) is 0.835. The number of pyridine rings is 1. The Kier molecular flexibility index (Phi) is 4.32. The minimum atomic E-state index is -4.48. The van der Waals surface area contributed by atoms with Gasteiger partial charge in [0.25, 0.3) is 0 Å². The standard InChI is InChI=1S/C10H10ClF3N2/c1-15-4-2-3-7-5-8(10(12,13)14)9(11)16-6-7/h2-3,5-6,15H,4H2,1H3. The third-order valence-electron chi connectivity index (χ3n) is 1.80. The number of hydrogen-bond acceptors (Lipinski definition) is 2. The Morgan fingerprint density at radius 2 is 2.19 bits per heavy atom. The van der Waals surface area contributed by atoms with Crippen molar-refractivity contribution >= 4 is 17.7 Å². The summed E-state index contributed by atoms with van der Waals surface area (Å²) in [5.41, 5.74) is -0.548. The second-order valence-electron chi connectivity index (χ2n) is 3.06. The van der Waals surface area contributed by atoms with Crippen molar-refractivity contribution in [1.29, 1.82) is 0 Å². The van der Waals surface area contributed by atoms with Crippen LogP contribution >= 0.6 is 11.6 Å². The molecule has 0 spiro atoms. The van der Waals surface area contributed by atoms with Crippen molar-refractivity contribution in [2.75, 3.05) is 13.6 Å². The molecule has 0 saturated heterocycles. The lowest BCUT2D eigenvalue weighted by Crippen LogP contribution is -2.07. The Morgan fingerprint density at radius 3 is 2.75 bits per heavy atom. The molecule has 0 aliphatic carbocycles. The lowest BCUT2D eigenvalue weighted by molar-refractivity contribution is -0.137. The maximum absolute atomic E-state index is 12.5. The second-order valence-corrected chi connectivity index (χ2v) is 3.42.